The molecule has 0 saturated heterocycles. The monoisotopic (exact) mass is 583 g/mol. The van der Waals surface area contributed by atoms with Crippen molar-refractivity contribution >= 4 is 65.6 Å². The maximum atomic E-state index is 9.64. The third kappa shape index (κ3) is 3.40. The zero-order valence-corrected chi connectivity index (χ0v) is 22.3. The highest BCUT2D eigenvalue weighted by Gasteiger charge is 2.19. The molecule has 0 aromatic heterocycles. The molecule has 9 aromatic rings. The van der Waals surface area contributed by atoms with E-state index in [1.165, 1.54) is 6.07 Å². The Balaban J connectivity index is 1.35. The van der Waals surface area contributed by atoms with Crippen molar-refractivity contribution in [1.82, 2.24) is 0 Å². The van der Waals surface area contributed by atoms with Crippen molar-refractivity contribution in [3.8, 4) is 33.4 Å². The normalized spacial score (nSPS) is 20.0. The molecule has 0 unspecified atom stereocenters. The second-order valence-electron chi connectivity index (χ2n) is 9.86. The van der Waals surface area contributed by atoms with Gasteiger partial charge in [0.2, 0.25) is 0 Å². The van der Waals surface area contributed by atoms with Gasteiger partial charge in [0.05, 0.1) is 31.5 Å². The molecule has 198 valence electrons. The van der Waals surface area contributed by atoms with Crippen LogP contribution >= 0.6 is 11.8 Å². The molecule has 0 spiro atoms. The maximum absolute atomic E-state index is 9.64. The Morgan fingerprint density at radius 1 is 0.372 bits per heavy atom. The molecule has 1 aliphatic rings. The van der Waals surface area contributed by atoms with Crippen LogP contribution in [0, 0.1) is 0 Å². The van der Waals surface area contributed by atoms with Crippen LogP contribution in [0.5, 0.6) is 0 Å². The second-order valence-corrected chi connectivity index (χ2v) is 10.9. The lowest BCUT2D eigenvalue weighted by molar-refractivity contribution is 1.40. The molecule has 1 aliphatic heterocycles. The fourth-order valence-electron chi connectivity index (χ4n) is 5.54. The van der Waals surface area contributed by atoms with Gasteiger partial charge in [0.15, 0.2) is 0 Å². The van der Waals surface area contributed by atoms with Gasteiger partial charge in [-0.3, -0.25) is 0 Å². The van der Waals surface area contributed by atoms with Crippen LogP contribution in [0.1, 0.15) is 31.5 Å². The van der Waals surface area contributed by atoms with Crippen molar-refractivity contribution in [3.05, 3.63) is 145 Å². The van der Waals surface area contributed by atoms with Crippen LogP contribution in [0.15, 0.2) is 155 Å². The molecule has 10 rings (SSSR count). The summed E-state index contributed by atoms with van der Waals surface area (Å²) in [6.07, 6.45) is 0. The van der Waals surface area contributed by atoms with E-state index in [2.05, 4.69) is 0 Å². The molecule has 0 fully saturated rings. The lowest BCUT2D eigenvalue weighted by Crippen LogP contribution is -1.93. The second kappa shape index (κ2) is 8.70. The summed E-state index contributed by atoms with van der Waals surface area (Å²) in [6, 6.07) is -14.3. The number of benzene rings is 9. The first-order chi connectivity index (χ1) is 30.9. The van der Waals surface area contributed by atoms with E-state index in [4.69, 9.17) is 23.3 Å². The standard InChI is InChI=1S/C42H24S/c1-4-27-12-13-29-16-19-34(36-20-17-28(5-1)40(27)42(29)36)32-15-11-25-10-14-30(22-33(25)23-32)31-18-21-38-37(24-31)35-8-2-6-26-7-3-9-39(43-38)41(26)35/h1-24H/i1D,2D,3D,4D,5D,6D,7D,8D,9D,10D,11D,12D,13D,14D,15D,16D,17D,18D,19D,20D,21D,22D,23D. The van der Waals surface area contributed by atoms with Crippen LogP contribution in [-0.4, -0.2) is 0 Å². The first-order valence-corrected chi connectivity index (χ1v) is 13.8. The van der Waals surface area contributed by atoms with Crippen molar-refractivity contribution in [1.29, 1.82) is 0 Å². The SMILES string of the molecule is [2H]c1c(-c2c([2H])c([2H])c3c([2H])c([2H])c(-c4c([2H])c([2H])c5c([2H])c([2H])c6c([2H])c([2H])c([2H])c7c([2H])c([2H])c4c5c67)c([2H])c3c2[2H])cc2c(c1[2H])Sc1c([2H])c([2H])c([2H])c3c([2H])c([2H])c([2H])c-2c13. The highest BCUT2D eigenvalue weighted by molar-refractivity contribution is 7.99. The zero-order chi connectivity index (χ0) is 48.1. The van der Waals surface area contributed by atoms with Crippen molar-refractivity contribution in [2.45, 2.75) is 9.79 Å². The lowest BCUT2D eigenvalue weighted by atomic mass is 9.89. The van der Waals surface area contributed by atoms with Gasteiger partial charge in [-0.2, -0.15) is 0 Å². The number of rotatable bonds is 2. The summed E-state index contributed by atoms with van der Waals surface area (Å²) < 4.78 is 206. The summed E-state index contributed by atoms with van der Waals surface area (Å²) in [6.45, 7) is 0. The quantitative estimate of drug-likeness (QED) is 0.182. The zero-order valence-electron chi connectivity index (χ0n) is 44.5. The Kier molecular flexibility index (Phi) is 2.14. The van der Waals surface area contributed by atoms with Crippen molar-refractivity contribution in [2.75, 3.05) is 0 Å². The Morgan fingerprint density at radius 2 is 1.00 bits per heavy atom. The van der Waals surface area contributed by atoms with Crippen molar-refractivity contribution < 1.29 is 31.5 Å². The van der Waals surface area contributed by atoms with Crippen LogP contribution < -0.4 is 0 Å². The smallest absolute Gasteiger partial charge is 0.0636 e. The first-order valence-electron chi connectivity index (χ1n) is 24.5. The Bertz CT molecular complexity index is 3850. The summed E-state index contributed by atoms with van der Waals surface area (Å²) in [5.74, 6) is 0. The van der Waals surface area contributed by atoms with Gasteiger partial charge in [0.1, 0.15) is 0 Å². The van der Waals surface area contributed by atoms with E-state index in [9.17, 15) is 8.22 Å². The van der Waals surface area contributed by atoms with Gasteiger partial charge in [-0.15, -0.1) is 0 Å². The predicted molar refractivity (Wildman–Crippen MR) is 186 cm³/mol. The van der Waals surface area contributed by atoms with Crippen molar-refractivity contribution in [3.63, 3.8) is 0 Å². The number of hydrogen-bond donors (Lipinski definition) is 0. The molecule has 0 N–H and O–H groups in total. The van der Waals surface area contributed by atoms with E-state index in [-0.39, 0.29) is 64.2 Å². The average molecular weight is 584 g/mol. The molecule has 0 aliphatic carbocycles. The number of fused-ring (bicyclic) bond motifs is 3. The third-order valence-corrected chi connectivity index (χ3v) is 8.53. The predicted octanol–water partition coefficient (Wildman–Crippen LogP) is 12.4. The Morgan fingerprint density at radius 3 is 1.86 bits per heavy atom. The highest BCUT2D eigenvalue weighted by Crippen LogP contribution is 2.49. The molecular formula is C42H24S. The average Bonchev–Trinajstić information content (AvgIpc) is 3.27. The minimum atomic E-state index is -0.849. The van der Waals surface area contributed by atoms with Gasteiger partial charge in [-0.25, -0.2) is 0 Å². The molecule has 0 saturated carbocycles. The third-order valence-electron chi connectivity index (χ3n) is 7.49. The lowest BCUT2D eigenvalue weighted by Gasteiger charge is -2.21. The molecular weight excluding hydrogens is 537 g/mol. The van der Waals surface area contributed by atoms with Crippen LogP contribution in [-0.2, 0) is 0 Å². The maximum Gasteiger partial charge on any atom is 0.0636 e. The van der Waals surface area contributed by atoms with Gasteiger partial charge < -0.3 is 0 Å². The summed E-state index contributed by atoms with van der Waals surface area (Å²) in [5, 5.41) is -3.21. The summed E-state index contributed by atoms with van der Waals surface area (Å²) in [4.78, 5) is 0.00326. The van der Waals surface area contributed by atoms with Gasteiger partial charge in [-0.05, 0) is 112 Å². The molecule has 1 heterocycles. The largest absolute Gasteiger partial charge is 0.0888 e. The molecule has 9 aromatic carbocycles. The van der Waals surface area contributed by atoms with Gasteiger partial charge in [-0.1, -0.05) is 127 Å². The summed E-state index contributed by atoms with van der Waals surface area (Å²) in [7, 11) is 0. The van der Waals surface area contributed by atoms with E-state index in [0.29, 0.717) is 0 Å². The minimum Gasteiger partial charge on any atom is -0.0888 e. The van der Waals surface area contributed by atoms with E-state index >= 15 is 0 Å². The van der Waals surface area contributed by atoms with Gasteiger partial charge in [0, 0.05) is 15.2 Å². The number of hydrogen-bond acceptors (Lipinski definition) is 1. The summed E-state index contributed by atoms with van der Waals surface area (Å²) >= 11 is 0.777. The minimum absolute atomic E-state index is 0.0109. The van der Waals surface area contributed by atoms with E-state index in [0.717, 1.165) is 11.8 Å². The molecule has 0 radical (unpaired) electrons. The fraction of sp³-hybridized carbons (Fsp3) is 0. The van der Waals surface area contributed by atoms with Gasteiger partial charge >= 0.3 is 0 Å². The molecule has 0 bridgehead atoms. The van der Waals surface area contributed by atoms with Crippen molar-refractivity contribution in [2.24, 2.45) is 0 Å². The Hall–Kier alpha value is -5.11. The van der Waals surface area contributed by atoms with Crippen LogP contribution in [0.25, 0.3) is 87.2 Å². The molecule has 1 heteroatoms. The van der Waals surface area contributed by atoms with Crippen LogP contribution in [0.2, 0.25) is 0 Å². The molecule has 0 atom stereocenters. The van der Waals surface area contributed by atoms with Crippen LogP contribution in [0.3, 0.4) is 0 Å². The van der Waals surface area contributed by atoms with Gasteiger partial charge in [0.25, 0.3) is 0 Å². The van der Waals surface area contributed by atoms with E-state index in [1.54, 1.807) is 0 Å². The topological polar surface area (TPSA) is 0 Å². The summed E-state index contributed by atoms with van der Waals surface area (Å²) in [5.41, 5.74) is -2.20. The van der Waals surface area contributed by atoms with E-state index in [1.807, 2.05) is 0 Å². The van der Waals surface area contributed by atoms with E-state index < -0.39 is 172 Å². The fourth-order valence-corrected chi connectivity index (χ4v) is 6.53. The molecule has 0 amide bonds. The first kappa shape index (κ1) is 10.6. The highest BCUT2D eigenvalue weighted by atomic mass is 32.2. The molecule has 43 heavy (non-hydrogen) atoms. The Labute approximate surface area is 285 Å². The molecule has 0 nitrogen and oxygen atoms in total. The van der Waals surface area contributed by atoms with Crippen LogP contribution in [0.4, 0.5) is 0 Å².